The van der Waals surface area contributed by atoms with Gasteiger partial charge in [-0.3, -0.25) is 4.79 Å². The molecule has 0 N–H and O–H groups in total. The van der Waals surface area contributed by atoms with E-state index in [1.165, 1.54) is 0 Å². The van der Waals surface area contributed by atoms with Gasteiger partial charge in [-0.05, 0) is 25.8 Å². The monoisotopic (exact) mass is 379 g/mol. The molecular weight excluding hydrogens is 358 g/mol. The first kappa shape index (κ1) is 17.0. The van der Waals surface area contributed by atoms with E-state index in [4.69, 9.17) is 0 Å². The molecule has 0 saturated carbocycles. The average Bonchev–Trinajstić information content (AvgIpc) is 2.03. The fraction of sp³-hybridized carbons (Fsp3) is 0.583. The minimum Gasteiger partial charge on any atom is -0.313 e. The maximum atomic E-state index is 11.8. The summed E-state index contributed by atoms with van der Waals surface area (Å²) in [6, 6.07) is 4.09. The van der Waals surface area contributed by atoms with Crippen LogP contribution in [0, 0.1) is 0 Å². The van der Waals surface area contributed by atoms with Crippen LogP contribution < -0.4 is 5.56 Å². The molecule has 1 heterocycles. The van der Waals surface area contributed by atoms with Crippen LogP contribution in [0.25, 0.3) is 0 Å². The van der Waals surface area contributed by atoms with Crippen LogP contribution >= 0.6 is 0 Å². The quantitative estimate of drug-likeness (QED) is 0.774. The molecule has 0 aliphatic rings. The van der Waals surface area contributed by atoms with E-state index >= 15 is 0 Å². The Kier molecular flexibility index (Phi) is 7.96. The van der Waals surface area contributed by atoms with Crippen molar-refractivity contribution in [2.45, 2.75) is 47.1 Å². The summed E-state index contributed by atoms with van der Waals surface area (Å²) in [4.78, 5) is 11.8. The van der Waals surface area contributed by atoms with Gasteiger partial charge >= 0.3 is 0 Å². The Morgan fingerprint density at radius 3 is 2.13 bits per heavy atom. The fourth-order valence-electron chi connectivity index (χ4n) is 1.37. The number of aromatic nitrogens is 1. The van der Waals surface area contributed by atoms with Crippen molar-refractivity contribution in [2.24, 2.45) is 0 Å². The predicted octanol–water partition coefficient (Wildman–Crippen LogP) is 3.19. The molecule has 2 nitrogen and oxygen atoms in total. The van der Waals surface area contributed by atoms with Crippen LogP contribution in [-0.4, -0.2) is 4.57 Å². The van der Waals surface area contributed by atoms with Crippen molar-refractivity contribution in [3.05, 3.63) is 34.2 Å². The van der Waals surface area contributed by atoms with Gasteiger partial charge < -0.3 is 4.57 Å². The summed E-state index contributed by atoms with van der Waals surface area (Å²) in [7, 11) is 0. The van der Waals surface area contributed by atoms with Crippen molar-refractivity contribution in [3.63, 3.8) is 0 Å². The second-order valence-corrected chi connectivity index (χ2v) is 3.92. The van der Waals surface area contributed by atoms with E-state index in [0.717, 1.165) is 5.56 Å². The number of hydrogen-bond acceptors (Lipinski definition) is 1. The number of rotatable bonds is 2. The maximum absolute atomic E-state index is 11.8. The first-order chi connectivity index (χ1) is 6.04. The number of nitrogens with zero attached hydrogens (tertiary/aromatic N) is 1. The molecule has 86 valence electrons. The third-order valence-corrected chi connectivity index (χ3v) is 2.18. The predicted molar refractivity (Wildman–Crippen MR) is 61.9 cm³/mol. The van der Waals surface area contributed by atoms with Crippen molar-refractivity contribution in [1.29, 1.82) is 0 Å². The third kappa shape index (κ3) is 3.95. The molecule has 0 unspecified atom stereocenters. The van der Waals surface area contributed by atoms with E-state index in [-0.39, 0.29) is 40.1 Å². The third-order valence-electron chi connectivity index (χ3n) is 2.18. The minimum atomic E-state index is 0. The SMILES string of the molecule is C.CC(C)c1cccn(C(C)C)c1=O.[W]. The van der Waals surface area contributed by atoms with Crippen molar-refractivity contribution >= 4 is 0 Å². The largest absolute Gasteiger partial charge is 0.313 e. The Morgan fingerprint density at radius 2 is 1.73 bits per heavy atom. The molecule has 3 heteroatoms. The van der Waals surface area contributed by atoms with Gasteiger partial charge in [0.05, 0.1) is 0 Å². The van der Waals surface area contributed by atoms with Gasteiger partial charge in [0.15, 0.2) is 0 Å². The summed E-state index contributed by atoms with van der Waals surface area (Å²) in [5, 5.41) is 0. The molecule has 0 aliphatic heterocycles. The Balaban J connectivity index is 0. The molecule has 0 atom stereocenters. The van der Waals surface area contributed by atoms with Gasteiger partial charge in [-0.25, -0.2) is 0 Å². The molecule has 0 bridgehead atoms. The average molecular weight is 379 g/mol. The van der Waals surface area contributed by atoms with Crippen LogP contribution in [0.4, 0.5) is 0 Å². The van der Waals surface area contributed by atoms with E-state index in [1.54, 1.807) is 4.57 Å². The van der Waals surface area contributed by atoms with Gasteiger partial charge in [0, 0.05) is 38.9 Å². The summed E-state index contributed by atoms with van der Waals surface area (Å²) in [5.74, 6) is 0.304. The number of pyridine rings is 1. The van der Waals surface area contributed by atoms with E-state index in [1.807, 2.05) is 46.0 Å². The van der Waals surface area contributed by atoms with E-state index in [0.29, 0.717) is 5.92 Å². The van der Waals surface area contributed by atoms with E-state index in [9.17, 15) is 4.79 Å². The summed E-state index contributed by atoms with van der Waals surface area (Å²) < 4.78 is 1.77. The van der Waals surface area contributed by atoms with Crippen molar-refractivity contribution in [3.8, 4) is 0 Å². The van der Waals surface area contributed by atoms with Crippen LogP contribution in [0.2, 0.25) is 0 Å². The molecule has 0 fully saturated rings. The summed E-state index contributed by atoms with van der Waals surface area (Å²) in [6.07, 6.45) is 1.85. The van der Waals surface area contributed by atoms with Crippen molar-refractivity contribution < 1.29 is 21.1 Å². The standard InChI is InChI=1S/C11H17NO.CH4.W/c1-8(2)10-6-5-7-12(9(3)4)11(10)13;;/h5-9H,1-4H3;1H4;. The van der Waals surface area contributed by atoms with Crippen LogP contribution in [0.5, 0.6) is 0 Å². The molecule has 1 rings (SSSR count). The van der Waals surface area contributed by atoms with Gasteiger partial charge in [0.2, 0.25) is 0 Å². The topological polar surface area (TPSA) is 22.0 Å². The first-order valence-electron chi connectivity index (χ1n) is 4.75. The van der Waals surface area contributed by atoms with Gasteiger partial charge in [-0.15, -0.1) is 0 Å². The summed E-state index contributed by atoms with van der Waals surface area (Å²) >= 11 is 0. The van der Waals surface area contributed by atoms with Crippen LogP contribution in [0.3, 0.4) is 0 Å². The zero-order valence-corrected chi connectivity index (χ0v) is 12.1. The van der Waals surface area contributed by atoms with Gasteiger partial charge in [0.25, 0.3) is 5.56 Å². The second kappa shape index (κ2) is 7.00. The van der Waals surface area contributed by atoms with Gasteiger partial charge in [-0.2, -0.15) is 0 Å². The van der Waals surface area contributed by atoms with Gasteiger partial charge in [0.1, 0.15) is 0 Å². The molecule has 1 aromatic heterocycles. The minimum absolute atomic E-state index is 0. The molecule has 0 aliphatic carbocycles. The molecule has 0 radical (unpaired) electrons. The summed E-state index contributed by atoms with van der Waals surface area (Å²) in [6.45, 7) is 8.12. The van der Waals surface area contributed by atoms with Crippen LogP contribution in [-0.2, 0) is 21.1 Å². The van der Waals surface area contributed by atoms with Gasteiger partial charge in [-0.1, -0.05) is 27.3 Å². The van der Waals surface area contributed by atoms with Crippen molar-refractivity contribution in [1.82, 2.24) is 4.57 Å². The molecule has 0 amide bonds. The van der Waals surface area contributed by atoms with E-state index < -0.39 is 0 Å². The zero-order valence-electron chi connectivity index (χ0n) is 9.15. The Hall–Kier alpha value is -0.362. The Labute approximate surface area is 107 Å². The van der Waals surface area contributed by atoms with Crippen LogP contribution in [0.15, 0.2) is 23.1 Å². The van der Waals surface area contributed by atoms with Crippen LogP contribution in [0.1, 0.15) is 52.6 Å². The molecular formula is C12H21NOW. The van der Waals surface area contributed by atoms with E-state index in [2.05, 4.69) is 0 Å². The normalized spacial score (nSPS) is 9.73. The zero-order chi connectivity index (χ0) is 10.0. The molecule has 0 aromatic carbocycles. The molecule has 0 spiro atoms. The smallest absolute Gasteiger partial charge is 0.254 e. The summed E-state index contributed by atoms with van der Waals surface area (Å²) in [5.41, 5.74) is 1.05. The maximum Gasteiger partial charge on any atom is 0.254 e. The molecule has 15 heavy (non-hydrogen) atoms. The molecule has 1 aromatic rings. The Bertz CT molecular complexity index is 312. The second-order valence-electron chi connectivity index (χ2n) is 3.92. The Morgan fingerprint density at radius 1 is 1.20 bits per heavy atom. The fourth-order valence-corrected chi connectivity index (χ4v) is 1.37. The molecule has 0 saturated heterocycles. The number of hydrogen-bond donors (Lipinski definition) is 0. The first-order valence-corrected chi connectivity index (χ1v) is 4.75. The van der Waals surface area contributed by atoms with Crippen molar-refractivity contribution in [2.75, 3.05) is 0 Å².